The van der Waals surface area contributed by atoms with Crippen LogP contribution < -0.4 is 10.6 Å². The lowest BCUT2D eigenvalue weighted by Crippen LogP contribution is -2.17. The second kappa shape index (κ2) is 4.54. The van der Waals surface area contributed by atoms with E-state index in [1.165, 1.54) is 17.9 Å². The van der Waals surface area contributed by atoms with Crippen LogP contribution in [0.4, 0.5) is 10.8 Å². The van der Waals surface area contributed by atoms with E-state index < -0.39 is 0 Å². The highest BCUT2D eigenvalue weighted by Crippen LogP contribution is 2.27. The largest absolute Gasteiger partial charge is 0.389 e. The second-order valence-corrected chi connectivity index (χ2v) is 4.36. The minimum atomic E-state index is 0.381. The number of benzene rings is 1. The van der Waals surface area contributed by atoms with Gasteiger partial charge >= 0.3 is 0 Å². The first kappa shape index (κ1) is 11.0. The fourth-order valence-corrected chi connectivity index (χ4v) is 2.07. The molecule has 16 heavy (non-hydrogen) atoms. The first-order chi connectivity index (χ1) is 7.70. The molecule has 0 bridgehead atoms. The van der Waals surface area contributed by atoms with E-state index in [-0.39, 0.29) is 0 Å². The third kappa shape index (κ3) is 2.02. The van der Waals surface area contributed by atoms with E-state index in [2.05, 4.69) is 9.36 Å². The maximum Gasteiger partial charge on any atom is 0.209 e. The van der Waals surface area contributed by atoms with Crippen molar-refractivity contribution in [2.45, 2.75) is 0 Å². The number of anilines is 2. The third-order valence-corrected chi connectivity index (χ3v) is 3.13. The summed E-state index contributed by atoms with van der Waals surface area (Å²) in [5.41, 5.74) is 7.46. The summed E-state index contributed by atoms with van der Waals surface area (Å²) < 4.78 is 3.97. The topological polar surface area (TPSA) is 55.0 Å². The molecule has 0 saturated carbocycles. The van der Waals surface area contributed by atoms with Gasteiger partial charge in [-0.3, -0.25) is 0 Å². The molecular formula is C10H10N4S2. The molecule has 82 valence electrons. The molecule has 0 aliphatic carbocycles. The molecule has 0 aliphatic heterocycles. The highest BCUT2D eigenvalue weighted by molar-refractivity contribution is 7.80. The monoisotopic (exact) mass is 250 g/mol. The lowest BCUT2D eigenvalue weighted by molar-refractivity contribution is 1.16. The van der Waals surface area contributed by atoms with Gasteiger partial charge in [0.2, 0.25) is 5.13 Å². The fraction of sp³-hybridized carbons (Fsp3) is 0.100. The minimum absolute atomic E-state index is 0.381. The van der Waals surface area contributed by atoms with Crippen LogP contribution >= 0.6 is 23.8 Å². The molecule has 0 spiro atoms. The molecule has 0 amide bonds. The zero-order valence-electron chi connectivity index (χ0n) is 8.62. The van der Waals surface area contributed by atoms with Crippen LogP contribution in [-0.4, -0.2) is 21.4 Å². The summed E-state index contributed by atoms with van der Waals surface area (Å²) >= 11 is 6.34. The summed E-state index contributed by atoms with van der Waals surface area (Å²) in [6.45, 7) is 0. The average molecular weight is 250 g/mol. The van der Waals surface area contributed by atoms with Crippen molar-refractivity contribution in [3.63, 3.8) is 0 Å². The number of para-hydroxylation sites is 1. The van der Waals surface area contributed by atoms with E-state index in [1.807, 2.05) is 36.2 Å². The van der Waals surface area contributed by atoms with Crippen LogP contribution in [-0.2, 0) is 0 Å². The van der Waals surface area contributed by atoms with Crippen LogP contribution in [0.5, 0.6) is 0 Å². The van der Waals surface area contributed by atoms with Crippen molar-refractivity contribution in [1.29, 1.82) is 0 Å². The summed E-state index contributed by atoms with van der Waals surface area (Å²) in [6.07, 6.45) is 1.53. The van der Waals surface area contributed by atoms with Gasteiger partial charge in [-0.2, -0.15) is 4.37 Å². The zero-order valence-corrected chi connectivity index (χ0v) is 10.3. The molecule has 0 saturated heterocycles. The molecule has 0 atom stereocenters. The molecule has 0 fully saturated rings. The molecule has 4 nitrogen and oxygen atoms in total. The van der Waals surface area contributed by atoms with Crippen molar-refractivity contribution in [3.8, 4) is 0 Å². The Morgan fingerprint density at radius 1 is 1.44 bits per heavy atom. The predicted octanol–water partition coefficient (Wildman–Crippen LogP) is 1.94. The molecule has 0 unspecified atom stereocenters. The van der Waals surface area contributed by atoms with Crippen molar-refractivity contribution in [1.82, 2.24) is 9.36 Å². The van der Waals surface area contributed by atoms with Crippen molar-refractivity contribution in [3.05, 3.63) is 36.2 Å². The average Bonchev–Trinajstić information content (AvgIpc) is 2.81. The smallest absolute Gasteiger partial charge is 0.209 e. The number of nitrogens with zero attached hydrogens (tertiary/aromatic N) is 3. The first-order valence-electron chi connectivity index (χ1n) is 4.59. The van der Waals surface area contributed by atoms with E-state index in [0.717, 1.165) is 16.4 Å². The van der Waals surface area contributed by atoms with Gasteiger partial charge in [-0.15, -0.1) is 0 Å². The fourth-order valence-electron chi connectivity index (χ4n) is 1.39. The maximum atomic E-state index is 5.68. The molecule has 0 aliphatic rings. The normalized spacial score (nSPS) is 10.1. The summed E-state index contributed by atoms with van der Waals surface area (Å²) in [5, 5.41) is 0.809. The Kier molecular flexibility index (Phi) is 3.12. The quantitative estimate of drug-likeness (QED) is 0.844. The van der Waals surface area contributed by atoms with Crippen LogP contribution in [0.3, 0.4) is 0 Å². The Balaban J connectivity index is 2.44. The van der Waals surface area contributed by atoms with E-state index in [9.17, 15) is 0 Å². The van der Waals surface area contributed by atoms with E-state index in [1.54, 1.807) is 0 Å². The maximum absolute atomic E-state index is 5.68. The number of rotatable bonds is 3. The zero-order chi connectivity index (χ0) is 11.5. The van der Waals surface area contributed by atoms with Gasteiger partial charge in [0.25, 0.3) is 0 Å². The number of aromatic nitrogens is 2. The van der Waals surface area contributed by atoms with Gasteiger partial charge < -0.3 is 10.6 Å². The lowest BCUT2D eigenvalue weighted by atomic mass is 10.1. The number of nitrogens with two attached hydrogens (primary N) is 1. The number of thiocarbonyl (C=S) groups is 1. The molecule has 2 N–H and O–H groups in total. The van der Waals surface area contributed by atoms with Crippen LogP contribution in [0.15, 0.2) is 30.6 Å². The van der Waals surface area contributed by atoms with Crippen molar-refractivity contribution >= 4 is 39.6 Å². The summed E-state index contributed by atoms with van der Waals surface area (Å²) in [5.74, 6) is 0. The summed E-state index contributed by atoms with van der Waals surface area (Å²) in [4.78, 5) is 6.45. The minimum Gasteiger partial charge on any atom is -0.389 e. The van der Waals surface area contributed by atoms with E-state index >= 15 is 0 Å². The summed E-state index contributed by atoms with van der Waals surface area (Å²) in [6, 6.07) is 7.70. The van der Waals surface area contributed by atoms with Gasteiger partial charge in [-0.05, 0) is 12.1 Å². The van der Waals surface area contributed by atoms with Gasteiger partial charge in [-0.25, -0.2) is 4.98 Å². The van der Waals surface area contributed by atoms with E-state index in [4.69, 9.17) is 18.0 Å². The molecule has 2 aromatic rings. The van der Waals surface area contributed by atoms with Gasteiger partial charge in [-0.1, -0.05) is 24.4 Å². The summed E-state index contributed by atoms with van der Waals surface area (Å²) in [7, 11) is 1.91. The Morgan fingerprint density at radius 3 is 2.81 bits per heavy atom. The molecule has 6 heteroatoms. The molecule has 1 aromatic heterocycles. The number of hydrogen-bond donors (Lipinski definition) is 1. The Labute approximate surface area is 103 Å². The molecule has 1 aromatic carbocycles. The predicted molar refractivity (Wildman–Crippen MR) is 70.3 cm³/mol. The van der Waals surface area contributed by atoms with Crippen molar-refractivity contribution in [2.24, 2.45) is 5.73 Å². The van der Waals surface area contributed by atoms with Crippen molar-refractivity contribution in [2.75, 3.05) is 11.9 Å². The van der Waals surface area contributed by atoms with Crippen LogP contribution in [0.2, 0.25) is 0 Å². The van der Waals surface area contributed by atoms with Gasteiger partial charge in [0, 0.05) is 24.1 Å². The van der Waals surface area contributed by atoms with E-state index in [0.29, 0.717) is 4.99 Å². The van der Waals surface area contributed by atoms with Crippen LogP contribution in [0.1, 0.15) is 5.56 Å². The van der Waals surface area contributed by atoms with Gasteiger partial charge in [0.1, 0.15) is 11.3 Å². The van der Waals surface area contributed by atoms with Crippen LogP contribution in [0.25, 0.3) is 0 Å². The van der Waals surface area contributed by atoms with Gasteiger partial charge in [0.05, 0.1) is 5.69 Å². The third-order valence-electron chi connectivity index (χ3n) is 2.17. The molecule has 2 rings (SSSR count). The highest BCUT2D eigenvalue weighted by atomic mass is 32.1. The Hall–Kier alpha value is -1.53. The Morgan fingerprint density at radius 2 is 2.19 bits per heavy atom. The molecular weight excluding hydrogens is 240 g/mol. The number of hydrogen-bond acceptors (Lipinski definition) is 5. The first-order valence-corrected chi connectivity index (χ1v) is 5.77. The van der Waals surface area contributed by atoms with Crippen molar-refractivity contribution < 1.29 is 0 Å². The Bertz CT molecular complexity index is 495. The molecule has 1 heterocycles. The molecule has 0 radical (unpaired) electrons. The second-order valence-electron chi connectivity index (χ2n) is 3.16. The highest BCUT2D eigenvalue weighted by Gasteiger charge is 2.12. The standard InChI is InChI=1S/C10H10N4S2/c1-14(10-12-6-13-16-10)8-5-3-2-4-7(8)9(11)15/h2-6H,1H3,(H2,11,15). The SMILES string of the molecule is CN(c1ncns1)c1ccccc1C(N)=S. The van der Waals surface area contributed by atoms with Gasteiger partial charge in [0.15, 0.2) is 0 Å². The lowest BCUT2D eigenvalue weighted by Gasteiger charge is -2.18. The van der Waals surface area contributed by atoms with Crippen LogP contribution in [0, 0.1) is 0 Å².